The summed E-state index contributed by atoms with van der Waals surface area (Å²) in [5.41, 5.74) is -2.73. The molecule has 0 amide bonds. The van der Waals surface area contributed by atoms with Gasteiger partial charge in [0.15, 0.2) is 9.84 Å². The third kappa shape index (κ3) is 4.63. The first kappa shape index (κ1) is 28.4. The number of aryl methyl sites for hydroxylation is 1. The highest BCUT2D eigenvalue weighted by Crippen LogP contribution is 2.60. The van der Waals surface area contributed by atoms with Crippen molar-refractivity contribution in [2.24, 2.45) is 11.8 Å². The summed E-state index contributed by atoms with van der Waals surface area (Å²) in [6.45, 7) is 0.450. The smallest absolute Gasteiger partial charge is 0.299 e. The lowest BCUT2D eigenvalue weighted by molar-refractivity contribution is -0.228. The lowest BCUT2D eigenvalue weighted by atomic mass is 9.72. The van der Waals surface area contributed by atoms with Crippen molar-refractivity contribution in [2.45, 2.75) is 66.9 Å². The van der Waals surface area contributed by atoms with Gasteiger partial charge < -0.3 is 0 Å². The Morgan fingerprint density at radius 1 is 1.00 bits per heavy atom. The molecule has 0 saturated heterocycles. The molecular weight excluding hydrogens is 549 g/mol. The highest BCUT2D eigenvalue weighted by Gasteiger charge is 2.61. The van der Waals surface area contributed by atoms with Crippen LogP contribution in [0.4, 0.5) is 22.0 Å². The van der Waals surface area contributed by atoms with Gasteiger partial charge in [0.2, 0.25) is 5.67 Å². The van der Waals surface area contributed by atoms with E-state index in [0.29, 0.717) is 30.9 Å². The third-order valence-electron chi connectivity index (χ3n) is 8.66. The van der Waals surface area contributed by atoms with Crippen LogP contribution in [0.3, 0.4) is 0 Å². The molecule has 4 nitrogen and oxygen atoms in total. The number of Topliss-reactive ketones (excluding diaryl/α,β-unsaturated/α-hetero) is 1. The molecule has 40 heavy (non-hydrogen) atoms. The molecule has 1 heterocycles. The molecule has 2 aliphatic carbocycles. The Morgan fingerprint density at radius 2 is 1.68 bits per heavy atom. The van der Waals surface area contributed by atoms with Crippen molar-refractivity contribution in [3.8, 4) is 0 Å². The average Bonchev–Trinajstić information content (AvgIpc) is 3.28. The molecule has 10 heteroatoms. The first-order valence-corrected chi connectivity index (χ1v) is 14.6. The predicted octanol–water partition coefficient (Wildman–Crippen LogP) is 6.81. The molecular formula is C30H28F5NO3S. The van der Waals surface area contributed by atoms with E-state index >= 15 is 0 Å². The van der Waals surface area contributed by atoms with E-state index in [1.807, 2.05) is 0 Å². The minimum Gasteiger partial charge on any atom is -0.299 e. The maximum Gasteiger partial charge on any atom is 0.426 e. The van der Waals surface area contributed by atoms with Crippen LogP contribution in [0.5, 0.6) is 0 Å². The predicted molar refractivity (Wildman–Crippen MR) is 138 cm³/mol. The Morgan fingerprint density at radius 3 is 2.33 bits per heavy atom. The van der Waals surface area contributed by atoms with Gasteiger partial charge in [-0.1, -0.05) is 18.2 Å². The van der Waals surface area contributed by atoms with E-state index in [0.717, 1.165) is 29.8 Å². The van der Waals surface area contributed by atoms with E-state index in [1.165, 1.54) is 18.2 Å². The maximum atomic E-state index is 14.9. The Bertz CT molecular complexity index is 1520. The first-order chi connectivity index (χ1) is 18.8. The number of benzene rings is 2. The first-order valence-electron chi connectivity index (χ1n) is 13.1. The van der Waals surface area contributed by atoms with Crippen LogP contribution in [0.25, 0.3) is 0 Å². The van der Waals surface area contributed by atoms with Crippen molar-refractivity contribution in [3.63, 3.8) is 0 Å². The van der Waals surface area contributed by atoms with Crippen LogP contribution in [0.2, 0.25) is 0 Å². The number of pyridine rings is 1. The van der Waals surface area contributed by atoms with Gasteiger partial charge in [0.25, 0.3) is 0 Å². The number of ketones is 1. The fraction of sp³-hybridized carbons (Fsp3) is 0.400. The number of hydrogen-bond donors (Lipinski definition) is 0. The number of fused-ring (bicyclic) bond motifs is 3. The van der Waals surface area contributed by atoms with Gasteiger partial charge in [-0.15, -0.1) is 0 Å². The van der Waals surface area contributed by atoms with Crippen LogP contribution in [-0.4, -0.2) is 25.4 Å². The molecule has 0 bridgehead atoms. The molecule has 0 aliphatic heterocycles. The Kier molecular flexibility index (Phi) is 7.13. The van der Waals surface area contributed by atoms with Gasteiger partial charge in [0, 0.05) is 25.2 Å². The second-order valence-corrected chi connectivity index (χ2v) is 13.1. The molecule has 0 radical (unpaired) electrons. The molecule has 1 unspecified atom stereocenters. The minimum absolute atomic E-state index is 0.0503. The summed E-state index contributed by atoms with van der Waals surface area (Å²) in [6, 6.07) is 11.4. The zero-order chi connectivity index (χ0) is 28.9. The molecule has 4 atom stereocenters. The standard InChI is InChI=1S/C30H28F5NO3S/c1-28(32,30(33,34)35)22-3-9-27-20(17-22)2-8-26-21(18-24(37)16-19-11-14-36-15-12-19)10-13-29(26,27)40(38,39)25-6-4-23(31)5-7-25/h3-7,9,11-12,14-15,17,21,26H,2,8,10,13,16,18H2,1H3/t21-,26-,28?,29-/m0/s1. The van der Waals surface area contributed by atoms with Gasteiger partial charge in [0.1, 0.15) is 16.3 Å². The summed E-state index contributed by atoms with van der Waals surface area (Å²) in [6.07, 6.45) is -0.535. The highest BCUT2D eigenvalue weighted by molar-refractivity contribution is 7.92. The number of carbonyl (C=O) groups excluding carboxylic acids is 1. The molecule has 212 valence electrons. The molecule has 1 saturated carbocycles. The third-order valence-corrected chi connectivity index (χ3v) is 11.2. The number of nitrogens with zero attached hydrogens (tertiary/aromatic N) is 1. The van der Waals surface area contributed by atoms with Crippen molar-refractivity contribution < 1.29 is 35.2 Å². The number of aromatic nitrogens is 1. The van der Waals surface area contributed by atoms with Gasteiger partial charge in [0.05, 0.1) is 4.90 Å². The van der Waals surface area contributed by atoms with Crippen molar-refractivity contribution in [1.29, 1.82) is 0 Å². The van der Waals surface area contributed by atoms with Gasteiger partial charge in [-0.05, 0) is 103 Å². The second kappa shape index (κ2) is 10.0. The molecule has 0 N–H and O–H groups in total. The molecule has 2 aromatic carbocycles. The van der Waals surface area contributed by atoms with Crippen LogP contribution < -0.4 is 0 Å². The van der Waals surface area contributed by atoms with Crippen molar-refractivity contribution in [3.05, 3.63) is 95.1 Å². The van der Waals surface area contributed by atoms with Crippen molar-refractivity contribution in [2.75, 3.05) is 0 Å². The average molecular weight is 578 g/mol. The van der Waals surface area contributed by atoms with Gasteiger partial charge >= 0.3 is 6.18 Å². The molecule has 5 rings (SSSR count). The van der Waals surface area contributed by atoms with Crippen molar-refractivity contribution >= 4 is 15.6 Å². The topological polar surface area (TPSA) is 64.1 Å². The molecule has 1 aromatic heterocycles. The Hall–Kier alpha value is -3.14. The summed E-state index contributed by atoms with van der Waals surface area (Å²) < 4.78 is 96.2. The molecule has 0 spiro atoms. The van der Waals surface area contributed by atoms with Gasteiger partial charge in [-0.3, -0.25) is 9.78 Å². The fourth-order valence-corrected chi connectivity index (χ4v) is 9.09. The minimum atomic E-state index is -5.15. The van der Waals surface area contributed by atoms with E-state index < -0.39 is 43.7 Å². The summed E-state index contributed by atoms with van der Waals surface area (Å²) in [4.78, 5) is 16.9. The normalized spacial score (nSPS) is 24.1. The SMILES string of the molecule is CC(F)(c1ccc2c(c1)CC[C@H]1[C@H](CC(=O)Cc3ccncc3)CC[C@@]21S(=O)(=O)c1ccc(F)cc1)C(F)(F)F. The number of rotatable bonds is 7. The maximum absolute atomic E-state index is 14.9. The van der Waals surface area contributed by atoms with Gasteiger partial charge in [-0.25, -0.2) is 17.2 Å². The number of alkyl halides is 4. The van der Waals surface area contributed by atoms with Gasteiger partial charge in [-0.2, -0.15) is 13.2 Å². The molecule has 3 aromatic rings. The van der Waals surface area contributed by atoms with Crippen LogP contribution in [0.1, 0.15) is 54.9 Å². The number of carbonyl (C=O) groups is 1. The molecule has 1 fully saturated rings. The van der Waals surface area contributed by atoms with E-state index in [1.54, 1.807) is 24.5 Å². The van der Waals surface area contributed by atoms with Crippen molar-refractivity contribution in [1.82, 2.24) is 4.98 Å². The number of hydrogen-bond acceptors (Lipinski definition) is 4. The largest absolute Gasteiger partial charge is 0.426 e. The second-order valence-electron chi connectivity index (χ2n) is 10.9. The summed E-state index contributed by atoms with van der Waals surface area (Å²) in [5.74, 6) is -1.44. The van der Waals surface area contributed by atoms with E-state index in [-0.39, 0.29) is 42.3 Å². The monoisotopic (exact) mass is 577 g/mol. The lowest BCUT2D eigenvalue weighted by Gasteiger charge is -2.43. The Labute approximate surface area is 229 Å². The highest BCUT2D eigenvalue weighted by atomic mass is 32.2. The van der Waals surface area contributed by atoms with E-state index in [9.17, 15) is 35.2 Å². The number of sulfone groups is 1. The van der Waals surface area contributed by atoms with Crippen LogP contribution in [-0.2, 0) is 37.9 Å². The van der Waals surface area contributed by atoms with E-state index in [4.69, 9.17) is 0 Å². The summed E-state index contributed by atoms with van der Waals surface area (Å²) in [7, 11) is -4.20. The fourth-order valence-electron chi connectivity index (χ4n) is 6.59. The summed E-state index contributed by atoms with van der Waals surface area (Å²) in [5, 5.41) is 0. The van der Waals surface area contributed by atoms with Crippen LogP contribution >= 0.6 is 0 Å². The Balaban J connectivity index is 1.58. The van der Waals surface area contributed by atoms with E-state index in [2.05, 4.69) is 4.98 Å². The van der Waals surface area contributed by atoms with Crippen LogP contribution in [0.15, 0.2) is 71.9 Å². The number of halogens is 5. The quantitative estimate of drug-likeness (QED) is 0.229. The van der Waals surface area contributed by atoms with Crippen LogP contribution in [0, 0.1) is 17.7 Å². The zero-order valence-electron chi connectivity index (χ0n) is 21.7. The lowest BCUT2D eigenvalue weighted by Crippen LogP contribution is -2.45. The zero-order valence-corrected chi connectivity index (χ0v) is 22.5. The summed E-state index contributed by atoms with van der Waals surface area (Å²) >= 11 is 0. The molecule has 2 aliphatic rings.